The quantitative estimate of drug-likeness (QED) is 0.485. The Labute approximate surface area is 199 Å². The van der Waals surface area contributed by atoms with Crippen molar-refractivity contribution < 1.29 is 19.1 Å². The van der Waals surface area contributed by atoms with Crippen molar-refractivity contribution in [3.63, 3.8) is 0 Å². The highest BCUT2D eigenvalue weighted by molar-refractivity contribution is 6.07. The number of carbonyl (C=O) groups is 2. The monoisotopic (exact) mass is 482 g/mol. The highest BCUT2D eigenvalue weighted by Gasteiger charge is 2.49. The van der Waals surface area contributed by atoms with Gasteiger partial charge in [0.1, 0.15) is 11.4 Å². The number of urea groups is 1. The highest BCUT2D eigenvalue weighted by atomic mass is 16.7. The molecule has 1 saturated heterocycles. The predicted octanol–water partition coefficient (Wildman–Crippen LogP) is 1.40. The van der Waals surface area contributed by atoms with E-state index in [-0.39, 0.29) is 24.5 Å². The van der Waals surface area contributed by atoms with Crippen LogP contribution in [0.1, 0.15) is 45.0 Å². The number of amides is 3. The van der Waals surface area contributed by atoms with Crippen LogP contribution in [0.3, 0.4) is 0 Å². The van der Waals surface area contributed by atoms with Crippen molar-refractivity contribution in [2.45, 2.75) is 58.8 Å². The van der Waals surface area contributed by atoms with Gasteiger partial charge in [-0.15, -0.1) is 0 Å². The molecule has 1 aromatic carbocycles. The van der Waals surface area contributed by atoms with Crippen molar-refractivity contribution in [2.24, 2.45) is 0 Å². The molecule has 5 rings (SSSR count). The van der Waals surface area contributed by atoms with Crippen molar-refractivity contribution in [1.29, 1.82) is 0 Å². The summed E-state index contributed by atoms with van der Waals surface area (Å²) < 4.78 is 13.8. The molecule has 2 aliphatic rings. The van der Waals surface area contributed by atoms with Crippen LogP contribution in [-0.4, -0.2) is 42.7 Å². The summed E-state index contributed by atoms with van der Waals surface area (Å²) in [7, 11) is 0. The standard InChI is InChI=1S/C23H26N6O6/c1-4-6-9-28-18-17(19(30)25-21(28)32)27(5-2)16(24-18)11-29-20(31)23(3,26-22(29)33)13-7-8-14-15(10-13)35-12-34-14/h7-8,10H,4-6,9,11-12H2,1-3H3,(H,26,33)(H,25,30,32). The Morgan fingerprint density at radius 1 is 1.09 bits per heavy atom. The molecule has 2 aliphatic heterocycles. The van der Waals surface area contributed by atoms with Crippen LogP contribution < -0.4 is 26.0 Å². The highest BCUT2D eigenvalue weighted by Crippen LogP contribution is 2.38. The van der Waals surface area contributed by atoms with Crippen molar-refractivity contribution in [1.82, 2.24) is 29.3 Å². The van der Waals surface area contributed by atoms with Crippen LogP contribution in [0.25, 0.3) is 11.2 Å². The molecule has 184 valence electrons. The van der Waals surface area contributed by atoms with E-state index in [1.54, 1.807) is 29.7 Å². The maximum Gasteiger partial charge on any atom is 0.330 e. The van der Waals surface area contributed by atoms with E-state index < -0.39 is 28.7 Å². The van der Waals surface area contributed by atoms with Gasteiger partial charge in [-0.05, 0) is 38.0 Å². The molecule has 0 bridgehead atoms. The first-order chi connectivity index (χ1) is 16.8. The van der Waals surface area contributed by atoms with Crippen LogP contribution >= 0.6 is 0 Å². The zero-order chi connectivity index (χ0) is 24.9. The molecule has 1 atom stereocenters. The maximum atomic E-state index is 13.5. The van der Waals surface area contributed by atoms with Crippen molar-refractivity contribution in [2.75, 3.05) is 6.79 Å². The first-order valence-corrected chi connectivity index (χ1v) is 11.5. The summed E-state index contributed by atoms with van der Waals surface area (Å²) >= 11 is 0. The fourth-order valence-corrected chi connectivity index (χ4v) is 4.59. The van der Waals surface area contributed by atoms with Crippen LogP contribution in [0, 0.1) is 0 Å². The molecular formula is C23H26N6O6. The first-order valence-electron chi connectivity index (χ1n) is 11.5. The van der Waals surface area contributed by atoms with Gasteiger partial charge in [0.05, 0.1) is 6.54 Å². The molecule has 0 radical (unpaired) electrons. The number of rotatable bonds is 7. The minimum atomic E-state index is -1.32. The number of imidazole rings is 1. The summed E-state index contributed by atoms with van der Waals surface area (Å²) in [6, 6.07) is 4.51. The third-order valence-electron chi connectivity index (χ3n) is 6.54. The second-order valence-electron chi connectivity index (χ2n) is 8.72. The van der Waals surface area contributed by atoms with Gasteiger partial charge >= 0.3 is 11.7 Å². The summed E-state index contributed by atoms with van der Waals surface area (Å²) in [5, 5.41) is 2.77. The zero-order valence-electron chi connectivity index (χ0n) is 19.7. The Balaban J connectivity index is 1.53. The van der Waals surface area contributed by atoms with Crippen LogP contribution in [0.5, 0.6) is 11.5 Å². The average molecular weight is 482 g/mol. The summed E-state index contributed by atoms with van der Waals surface area (Å²) in [5.41, 5.74) is -1.37. The number of H-pyrrole nitrogens is 1. The lowest BCUT2D eigenvalue weighted by molar-refractivity contribution is -0.131. The zero-order valence-corrected chi connectivity index (χ0v) is 19.7. The molecule has 3 aromatic rings. The van der Waals surface area contributed by atoms with E-state index in [9.17, 15) is 19.2 Å². The van der Waals surface area contributed by atoms with E-state index in [1.807, 2.05) is 13.8 Å². The Morgan fingerprint density at radius 2 is 1.86 bits per heavy atom. The molecule has 2 N–H and O–H groups in total. The van der Waals surface area contributed by atoms with Gasteiger partial charge in [0.25, 0.3) is 11.5 Å². The minimum absolute atomic E-state index is 0.0949. The summed E-state index contributed by atoms with van der Waals surface area (Å²) in [4.78, 5) is 59.5. The Kier molecular flexibility index (Phi) is 5.37. The first kappa shape index (κ1) is 22.7. The number of aryl methyl sites for hydroxylation is 2. The lowest BCUT2D eigenvalue weighted by Gasteiger charge is -2.22. The lowest BCUT2D eigenvalue weighted by atomic mass is 9.91. The third-order valence-corrected chi connectivity index (χ3v) is 6.54. The molecule has 0 saturated carbocycles. The number of benzene rings is 1. The molecule has 35 heavy (non-hydrogen) atoms. The van der Waals surface area contributed by atoms with E-state index in [4.69, 9.17) is 9.47 Å². The molecule has 12 nitrogen and oxygen atoms in total. The predicted molar refractivity (Wildman–Crippen MR) is 124 cm³/mol. The number of hydrogen-bond acceptors (Lipinski definition) is 7. The summed E-state index contributed by atoms with van der Waals surface area (Å²) in [5.74, 6) is 0.943. The van der Waals surface area contributed by atoms with Crippen LogP contribution in [0.4, 0.5) is 4.79 Å². The fourth-order valence-electron chi connectivity index (χ4n) is 4.59. The fraction of sp³-hybridized carbons (Fsp3) is 0.435. The number of ether oxygens (including phenoxy) is 2. The number of aromatic amines is 1. The molecule has 4 heterocycles. The lowest BCUT2D eigenvalue weighted by Crippen LogP contribution is -2.40. The molecule has 1 fully saturated rings. The van der Waals surface area contributed by atoms with Gasteiger partial charge in [-0.3, -0.25) is 24.0 Å². The molecule has 12 heteroatoms. The number of nitrogens with one attached hydrogen (secondary N) is 2. The number of imide groups is 1. The number of unbranched alkanes of at least 4 members (excludes halogenated alkanes) is 1. The maximum absolute atomic E-state index is 13.5. The van der Waals surface area contributed by atoms with Crippen molar-refractivity contribution in [3.05, 3.63) is 50.4 Å². The van der Waals surface area contributed by atoms with Crippen LogP contribution in [-0.2, 0) is 30.0 Å². The van der Waals surface area contributed by atoms with Gasteiger partial charge in [-0.2, -0.15) is 0 Å². The number of nitrogens with zero attached hydrogens (tertiary/aromatic N) is 4. The van der Waals surface area contributed by atoms with Gasteiger partial charge in [-0.25, -0.2) is 14.6 Å². The minimum Gasteiger partial charge on any atom is -0.454 e. The van der Waals surface area contributed by atoms with Gasteiger partial charge in [-0.1, -0.05) is 19.4 Å². The van der Waals surface area contributed by atoms with E-state index in [1.165, 1.54) is 4.57 Å². The Hall–Kier alpha value is -4.09. The number of aromatic nitrogens is 4. The number of fused-ring (bicyclic) bond motifs is 2. The van der Waals surface area contributed by atoms with Gasteiger partial charge in [0.2, 0.25) is 6.79 Å². The molecule has 1 unspecified atom stereocenters. The SMILES string of the molecule is CCCCn1c(=O)[nH]c(=O)c2c1nc(CN1C(=O)NC(C)(c3ccc4c(c3)OCO4)C1=O)n2CC. The second kappa shape index (κ2) is 8.29. The Bertz CT molecular complexity index is 1470. The smallest absolute Gasteiger partial charge is 0.330 e. The second-order valence-corrected chi connectivity index (χ2v) is 8.72. The van der Waals surface area contributed by atoms with Crippen LogP contribution in [0.2, 0.25) is 0 Å². The van der Waals surface area contributed by atoms with Gasteiger partial charge in [0, 0.05) is 13.1 Å². The number of carbonyl (C=O) groups excluding carboxylic acids is 2. The number of hydrogen-bond donors (Lipinski definition) is 2. The van der Waals surface area contributed by atoms with E-state index in [2.05, 4.69) is 15.3 Å². The molecule has 0 aliphatic carbocycles. The van der Waals surface area contributed by atoms with Crippen molar-refractivity contribution >= 4 is 23.1 Å². The van der Waals surface area contributed by atoms with E-state index in [0.29, 0.717) is 36.0 Å². The van der Waals surface area contributed by atoms with Gasteiger partial charge in [0.15, 0.2) is 22.7 Å². The Morgan fingerprint density at radius 3 is 2.60 bits per heavy atom. The molecule has 0 spiro atoms. The molecule has 3 amide bonds. The van der Waals surface area contributed by atoms with Crippen molar-refractivity contribution in [3.8, 4) is 11.5 Å². The topological polar surface area (TPSA) is 141 Å². The van der Waals surface area contributed by atoms with Gasteiger partial charge < -0.3 is 19.4 Å². The summed E-state index contributed by atoms with van der Waals surface area (Å²) in [6.45, 7) is 6.15. The average Bonchev–Trinajstić information content (AvgIpc) is 3.50. The molecule has 2 aromatic heterocycles. The largest absolute Gasteiger partial charge is 0.454 e. The van der Waals surface area contributed by atoms with E-state index >= 15 is 0 Å². The third kappa shape index (κ3) is 3.47. The van der Waals surface area contributed by atoms with Crippen LogP contribution in [0.15, 0.2) is 27.8 Å². The summed E-state index contributed by atoms with van der Waals surface area (Å²) in [6.07, 6.45) is 1.59. The van der Waals surface area contributed by atoms with E-state index in [0.717, 1.165) is 17.7 Å². The molecular weight excluding hydrogens is 456 g/mol. The normalized spacial score (nSPS) is 19.1.